The lowest BCUT2D eigenvalue weighted by molar-refractivity contribution is 0.202. The van der Waals surface area contributed by atoms with Gasteiger partial charge in [0.05, 0.1) is 11.7 Å². The molecule has 1 aromatic heterocycles. The van der Waals surface area contributed by atoms with E-state index in [-0.39, 0.29) is 0 Å². The van der Waals surface area contributed by atoms with E-state index >= 15 is 0 Å². The molecule has 0 aliphatic carbocycles. The molecule has 1 aliphatic heterocycles. The van der Waals surface area contributed by atoms with Crippen LogP contribution in [0.25, 0.3) is 0 Å². The molecule has 1 atom stereocenters. The zero-order chi connectivity index (χ0) is 10.1. The minimum atomic E-state index is 0.486. The van der Waals surface area contributed by atoms with Gasteiger partial charge in [-0.3, -0.25) is 10.00 Å². The van der Waals surface area contributed by atoms with Crippen LogP contribution in [0.5, 0.6) is 0 Å². The highest BCUT2D eigenvalue weighted by atomic mass is 15.2. The number of nitrogens with one attached hydrogen (secondary N) is 1. The number of hydrogen-bond acceptors (Lipinski definition) is 3. The third-order valence-electron chi connectivity index (χ3n) is 2.93. The number of H-pyrrole nitrogens is 1. The smallest absolute Gasteiger partial charge is 0.145 e. The Morgan fingerprint density at radius 1 is 1.64 bits per heavy atom. The molecular formula is C10H18N4. The standard InChI is InChI=1S/C10H18N4/c1-7(2)14-5-3-4-9(14)8-6-10(11)13-12-8/h6-7,9H,3-5H2,1-2H3,(H3,11,12,13). The summed E-state index contributed by atoms with van der Waals surface area (Å²) in [6, 6.07) is 3.03. The third-order valence-corrected chi connectivity index (χ3v) is 2.93. The molecule has 0 spiro atoms. The highest BCUT2D eigenvalue weighted by Gasteiger charge is 2.28. The van der Waals surface area contributed by atoms with Gasteiger partial charge in [0.15, 0.2) is 0 Å². The fourth-order valence-electron chi connectivity index (χ4n) is 2.26. The number of hydrogen-bond donors (Lipinski definition) is 2. The van der Waals surface area contributed by atoms with Crippen LogP contribution in [0, 0.1) is 0 Å². The maximum atomic E-state index is 5.61. The summed E-state index contributed by atoms with van der Waals surface area (Å²) in [6.45, 7) is 5.65. The molecule has 3 N–H and O–H groups in total. The molecule has 0 aromatic carbocycles. The van der Waals surface area contributed by atoms with E-state index in [9.17, 15) is 0 Å². The first-order chi connectivity index (χ1) is 6.68. The van der Waals surface area contributed by atoms with Crippen molar-refractivity contribution in [1.82, 2.24) is 15.1 Å². The summed E-state index contributed by atoms with van der Waals surface area (Å²) < 4.78 is 0. The van der Waals surface area contributed by atoms with E-state index in [1.54, 1.807) is 0 Å². The van der Waals surface area contributed by atoms with Crippen LogP contribution in [0.2, 0.25) is 0 Å². The third kappa shape index (κ3) is 1.62. The highest BCUT2D eigenvalue weighted by molar-refractivity contribution is 5.30. The first kappa shape index (κ1) is 9.52. The van der Waals surface area contributed by atoms with Crippen LogP contribution in [0.1, 0.15) is 38.4 Å². The Bertz CT molecular complexity index is 305. The molecular weight excluding hydrogens is 176 g/mol. The Kier molecular flexibility index (Phi) is 2.46. The molecule has 0 bridgehead atoms. The van der Waals surface area contributed by atoms with Crippen LogP contribution in [0.15, 0.2) is 6.07 Å². The molecule has 1 unspecified atom stereocenters. The van der Waals surface area contributed by atoms with Crippen LogP contribution in [-0.2, 0) is 0 Å². The first-order valence-electron chi connectivity index (χ1n) is 5.25. The number of nitrogens with two attached hydrogens (primary N) is 1. The van der Waals surface area contributed by atoms with Crippen molar-refractivity contribution in [2.45, 2.75) is 38.8 Å². The van der Waals surface area contributed by atoms with E-state index in [1.165, 1.54) is 19.4 Å². The molecule has 1 saturated heterocycles. The van der Waals surface area contributed by atoms with Gasteiger partial charge in [-0.25, -0.2) is 0 Å². The number of aromatic amines is 1. The summed E-state index contributed by atoms with van der Waals surface area (Å²) >= 11 is 0. The number of likely N-dealkylation sites (tertiary alicyclic amines) is 1. The minimum Gasteiger partial charge on any atom is -0.382 e. The number of nitrogen functional groups attached to an aromatic ring is 1. The van der Waals surface area contributed by atoms with Crippen molar-refractivity contribution in [1.29, 1.82) is 0 Å². The summed E-state index contributed by atoms with van der Waals surface area (Å²) in [7, 11) is 0. The Balaban J connectivity index is 2.17. The van der Waals surface area contributed by atoms with E-state index in [2.05, 4.69) is 28.9 Å². The van der Waals surface area contributed by atoms with Crippen molar-refractivity contribution in [2.75, 3.05) is 12.3 Å². The van der Waals surface area contributed by atoms with E-state index in [0.29, 0.717) is 17.9 Å². The van der Waals surface area contributed by atoms with Gasteiger partial charge in [-0.15, -0.1) is 0 Å². The maximum absolute atomic E-state index is 5.61. The van der Waals surface area contributed by atoms with Gasteiger partial charge in [-0.2, -0.15) is 5.10 Å². The molecule has 1 fully saturated rings. The fraction of sp³-hybridized carbons (Fsp3) is 0.700. The van der Waals surface area contributed by atoms with Gasteiger partial charge in [-0.05, 0) is 33.2 Å². The van der Waals surface area contributed by atoms with Crippen LogP contribution in [0.3, 0.4) is 0 Å². The SMILES string of the molecule is CC(C)N1CCCC1c1cc(N)n[nH]1. The number of rotatable bonds is 2. The summed E-state index contributed by atoms with van der Waals surface area (Å²) in [4.78, 5) is 2.49. The average Bonchev–Trinajstić information content (AvgIpc) is 2.70. The second-order valence-electron chi connectivity index (χ2n) is 4.24. The fourth-order valence-corrected chi connectivity index (χ4v) is 2.26. The number of nitrogens with zero attached hydrogens (tertiary/aromatic N) is 2. The normalized spacial score (nSPS) is 23.5. The molecule has 14 heavy (non-hydrogen) atoms. The van der Waals surface area contributed by atoms with Crippen molar-refractivity contribution in [2.24, 2.45) is 0 Å². The predicted molar refractivity (Wildman–Crippen MR) is 56.8 cm³/mol. The lowest BCUT2D eigenvalue weighted by Gasteiger charge is -2.27. The Morgan fingerprint density at radius 2 is 2.43 bits per heavy atom. The van der Waals surface area contributed by atoms with Crippen LogP contribution in [0.4, 0.5) is 5.82 Å². The first-order valence-corrected chi connectivity index (χ1v) is 5.25. The second-order valence-corrected chi connectivity index (χ2v) is 4.24. The van der Waals surface area contributed by atoms with Gasteiger partial charge in [0.1, 0.15) is 5.82 Å². The molecule has 2 heterocycles. The van der Waals surface area contributed by atoms with E-state index in [0.717, 1.165) is 5.69 Å². The lowest BCUT2D eigenvalue weighted by Crippen LogP contribution is -2.30. The summed E-state index contributed by atoms with van der Waals surface area (Å²) in [5.74, 6) is 0.593. The topological polar surface area (TPSA) is 57.9 Å². The van der Waals surface area contributed by atoms with Gasteiger partial charge < -0.3 is 5.73 Å². The van der Waals surface area contributed by atoms with Gasteiger partial charge in [0.2, 0.25) is 0 Å². The van der Waals surface area contributed by atoms with Crippen molar-refractivity contribution < 1.29 is 0 Å². The zero-order valence-electron chi connectivity index (χ0n) is 8.83. The van der Waals surface area contributed by atoms with Gasteiger partial charge in [0.25, 0.3) is 0 Å². The molecule has 4 nitrogen and oxygen atoms in total. The van der Waals surface area contributed by atoms with Crippen LogP contribution >= 0.6 is 0 Å². The molecule has 0 amide bonds. The molecule has 1 aliphatic rings. The summed E-state index contributed by atoms with van der Waals surface area (Å²) in [5, 5.41) is 7.00. The lowest BCUT2D eigenvalue weighted by atomic mass is 10.1. The average molecular weight is 194 g/mol. The van der Waals surface area contributed by atoms with E-state index < -0.39 is 0 Å². The molecule has 2 rings (SSSR count). The second kappa shape index (κ2) is 3.61. The maximum Gasteiger partial charge on any atom is 0.145 e. The quantitative estimate of drug-likeness (QED) is 0.750. The molecule has 0 saturated carbocycles. The summed E-state index contributed by atoms with van der Waals surface area (Å²) in [6.07, 6.45) is 2.47. The Labute approximate surface area is 84.5 Å². The van der Waals surface area contributed by atoms with Gasteiger partial charge in [-0.1, -0.05) is 0 Å². The van der Waals surface area contributed by atoms with Crippen molar-refractivity contribution in [3.63, 3.8) is 0 Å². The van der Waals surface area contributed by atoms with Crippen LogP contribution < -0.4 is 5.73 Å². The number of aromatic nitrogens is 2. The highest BCUT2D eigenvalue weighted by Crippen LogP contribution is 2.32. The van der Waals surface area contributed by atoms with Crippen molar-refractivity contribution >= 4 is 5.82 Å². The van der Waals surface area contributed by atoms with Gasteiger partial charge >= 0.3 is 0 Å². The van der Waals surface area contributed by atoms with Gasteiger partial charge in [0, 0.05) is 12.1 Å². The Morgan fingerprint density at radius 3 is 3.00 bits per heavy atom. The molecule has 0 radical (unpaired) electrons. The molecule has 4 heteroatoms. The zero-order valence-corrected chi connectivity index (χ0v) is 8.83. The minimum absolute atomic E-state index is 0.486. The van der Waals surface area contributed by atoms with E-state index in [1.807, 2.05) is 6.07 Å². The predicted octanol–water partition coefficient (Wildman–Crippen LogP) is 1.54. The van der Waals surface area contributed by atoms with E-state index in [4.69, 9.17) is 5.73 Å². The van der Waals surface area contributed by atoms with Crippen LogP contribution in [-0.4, -0.2) is 27.7 Å². The summed E-state index contributed by atoms with van der Waals surface area (Å²) in [5.41, 5.74) is 6.77. The Hall–Kier alpha value is -1.03. The molecule has 1 aromatic rings. The monoisotopic (exact) mass is 194 g/mol. The number of anilines is 1. The molecule has 78 valence electrons. The van der Waals surface area contributed by atoms with Crippen molar-refractivity contribution in [3.05, 3.63) is 11.8 Å². The van der Waals surface area contributed by atoms with Crippen molar-refractivity contribution in [3.8, 4) is 0 Å². The largest absolute Gasteiger partial charge is 0.382 e.